The third-order valence-corrected chi connectivity index (χ3v) is 5.04. The molecule has 0 N–H and O–H groups in total. The van der Waals surface area contributed by atoms with E-state index in [0.29, 0.717) is 5.56 Å². The summed E-state index contributed by atoms with van der Waals surface area (Å²) in [5.41, 5.74) is 2.55. The van der Waals surface area contributed by atoms with Gasteiger partial charge in [0, 0.05) is 23.8 Å². The lowest BCUT2D eigenvalue weighted by atomic mass is 9.76. The molecule has 3 nitrogen and oxygen atoms in total. The first kappa shape index (κ1) is 19.6. The van der Waals surface area contributed by atoms with Gasteiger partial charge in [-0.1, -0.05) is 72.8 Å². The maximum atomic E-state index is 13.0. The summed E-state index contributed by atoms with van der Waals surface area (Å²) in [6.07, 6.45) is 0.268. The zero-order valence-electron chi connectivity index (χ0n) is 16.2. The standard InChI is InChI=1S/C25H24O3/c1-18(26)25(21-13-15-22(28-2)16-14-21)23(19-9-5-3-6-10-19)17-24(27)20-11-7-4-8-12-20/h3-16,23,25H,17H2,1-2H3. The van der Waals surface area contributed by atoms with Gasteiger partial charge in [-0.3, -0.25) is 9.59 Å². The van der Waals surface area contributed by atoms with Crippen LogP contribution in [-0.4, -0.2) is 18.7 Å². The molecule has 0 aliphatic carbocycles. The molecule has 2 atom stereocenters. The molecule has 2 unspecified atom stereocenters. The SMILES string of the molecule is COc1ccc(C(C(C)=O)C(CC(=O)c2ccccc2)c2ccccc2)cc1. The van der Waals surface area contributed by atoms with E-state index in [-0.39, 0.29) is 23.9 Å². The molecule has 0 aromatic heterocycles. The van der Waals surface area contributed by atoms with Crippen LogP contribution in [0.5, 0.6) is 5.75 Å². The minimum atomic E-state index is -0.402. The number of Topliss-reactive ketones (excluding diaryl/α,β-unsaturated/α-hetero) is 2. The number of hydrogen-bond donors (Lipinski definition) is 0. The van der Waals surface area contributed by atoms with Gasteiger partial charge in [-0.25, -0.2) is 0 Å². The van der Waals surface area contributed by atoms with Gasteiger partial charge in [-0.2, -0.15) is 0 Å². The molecule has 0 amide bonds. The van der Waals surface area contributed by atoms with E-state index in [4.69, 9.17) is 4.74 Å². The third-order valence-electron chi connectivity index (χ3n) is 5.04. The molecule has 3 rings (SSSR count). The summed E-state index contributed by atoms with van der Waals surface area (Å²) in [6, 6.07) is 26.6. The van der Waals surface area contributed by atoms with Crippen LogP contribution >= 0.6 is 0 Å². The van der Waals surface area contributed by atoms with Crippen molar-refractivity contribution in [3.8, 4) is 5.75 Å². The van der Waals surface area contributed by atoms with Crippen molar-refractivity contribution in [3.05, 3.63) is 102 Å². The van der Waals surface area contributed by atoms with E-state index in [1.54, 1.807) is 14.0 Å². The Morgan fingerprint density at radius 2 is 1.36 bits per heavy atom. The van der Waals surface area contributed by atoms with Crippen LogP contribution in [0.15, 0.2) is 84.9 Å². The number of methoxy groups -OCH3 is 1. The highest BCUT2D eigenvalue weighted by Gasteiger charge is 2.30. The fourth-order valence-electron chi connectivity index (χ4n) is 3.63. The quantitative estimate of drug-likeness (QED) is 0.496. The lowest BCUT2D eigenvalue weighted by Crippen LogP contribution is -2.21. The van der Waals surface area contributed by atoms with E-state index in [1.165, 1.54) is 0 Å². The monoisotopic (exact) mass is 372 g/mol. The van der Waals surface area contributed by atoms with Gasteiger partial charge in [0.05, 0.1) is 7.11 Å². The van der Waals surface area contributed by atoms with E-state index in [0.717, 1.165) is 16.9 Å². The van der Waals surface area contributed by atoms with Crippen LogP contribution in [0, 0.1) is 0 Å². The van der Waals surface area contributed by atoms with Crippen LogP contribution < -0.4 is 4.74 Å². The highest BCUT2D eigenvalue weighted by atomic mass is 16.5. The molecule has 0 saturated heterocycles. The normalized spacial score (nSPS) is 12.8. The van der Waals surface area contributed by atoms with Crippen LogP contribution in [0.1, 0.15) is 46.7 Å². The van der Waals surface area contributed by atoms with Crippen molar-refractivity contribution in [2.45, 2.75) is 25.2 Å². The molecule has 0 bridgehead atoms. The molecule has 0 aliphatic rings. The molecular weight excluding hydrogens is 348 g/mol. The second-order valence-electron chi connectivity index (χ2n) is 6.87. The predicted octanol–water partition coefficient (Wildman–Crippen LogP) is 5.42. The van der Waals surface area contributed by atoms with Crippen LogP contribution in [0.3, 0.4) is 0 Å². The molecule has 3 heteroatoms. The number of rotatable bonds is 8. The van der Waals surface area contributed by atoms with E-state index in [9.17, 15) is 9.59 Å². The second kappa shape index (κ2) is 9.14. The van der Waals surface area contributed by atoms with E-state index >= 15 is 0 Å². The van der Waals surface area contributed by atoms with Crippen molar-refractivity contribution in [3.63, 3.8) is 0 Å². The molecule has 28 heavy (non-hydrogen) atoms. The van der Waals surface area contributed by atoms with Crippen molar-refractivity contribution in [2.75, 3.05) is 7.11 Å². The average molecular weight is 372 g/mol. The van der Waals surface area contributed by atoms with Crippen molar-refractivity contribution in [2.24, 2.45) is 0 Å². The Hall–Kier alpha value is -3.20. The van der Waals surface area contributed by atoms with Crippen molar-refractivity contribution in [1.82, 2.24) is 0 Å². The Morgan fingerprint density at radius 3 is 1.89 bits per heavy atom. The zero-order chi connectivity index (χ0) is 19.9. The Balaban J connectivity index is 2.00. The first-order valence-corrected chi connectivity index (χ1v) is 9.37. The summed E-state index contributed by atoms with van der Waals surface area (Å²) in [4.78, 5) is 25.6. The number of ether oxygens (including phenoxy) is 1. The number of carbonyl (C=O) groups excluding carboxylic acids is 2. The van der Waals surface area contributed by atoms with Crippen LogP contribution in [0.25, 0.3) is 0 Å². The Labute approximate surface area is 166 Å². The van der Waals surface area contributed by atoms with Gasteiger partial charge < -0.3 is 4.74 Å². The Bertz CT molecular complexity index is 915. The smallest absolute Gasteiger partial charge is 0.163 e. The predicted molar refractivity (Wildman–Crippen MR) is 111 cm³/mol. The van der Waals surface area contributed by atoms with Gasteiger partial charge in [0.15, 0.2) is 5.78 Å². The van der Waals surface area contributed by atoms with Crippen molar-refractivity contribution >= 4 is 11.6 Å². The number of hydrogen-bond acceptors (Lipinski definition) is 3. The van der Waals surface area contributed by atoms with Crippen molar-refractivity contribution in [1.29, 1.82) is 0 Å². The summed E-state index contributed by atoms with van der Waals surface area (Å²) in [6.45, 7) is 1.60. The fraction of sp³-hybridized carbons (Fsp3) is 0.200. The van der Waals surface area contributed by atoms with Crippen LogP contribution in [0.4, 0.5) is 0 Å². The van der Waals surface area contributed by atoms with E-state index < -0.39 is 5.92 Å². The third kappa shape index (κ3) is 4.55. The fourth-order valence-corrected chi connectivity index (χ4v) is 3.63. The Kier molecular flexibility index (Phi) is 6.38. The largest absolute Gasteiger partial charge is 0.497 e. The van der Waals surface area contributed by atoms with Gasteiger partial charge in [-0.15, -0.1) is 0 Å². The van der Waals surface area contributed by atoms with Gasteiger partial charge in [0.25, 0.3) is 0 Å². The number of benzene rings is 3. The average Bonchev–Trinajstić information content (AvgIpc) is 2.74. The van der Waals surface area contributed by atoms with E-state index in [2.05, 4.69) is 0 Å². The molecule has 0 fully saturated rings. The lowest BCUT2D eigenvalue weighted by Gasteiger charge is -2.26. The minimum Gasteiger partial charge on any atom is -0.497 e. The molecule has 3 aromatic carbocycles. The maximum absolute atomic E-state index is 13.0. The van der Waals surface area contributed by atoms with Gasteiger partial charge >= 0.3 is 0 Å². The maximum Gasteiger partial charge on any atom is 0.163 e. The number of ketones is 2. The van der Waals surface area contributed by atoms with E-state index in [1.807, 2.05) is 84.9 Å². The number of carbonyl (C=O) groups is 2. The molecule has 0 saturated carbocycles. The first-order valence-electron chi connectivity index (χ1n) is 9.37. The van der Waals surface area contributed by atoms with Gasteiger partial charge in [0.2, 0.25) is 0 Å². The van der Waals surface area contributed by atoms with Gasteiger partial charge in [0.1, 0.15) is 11.5 Å². The molecule has 0 spiro atoms. The van der Waals surface area contributed by atoms with Crippen LogP contribution in [-0.2, 0) is 4.79 Å². The molecule has 0 heterocycles. The second-order valence-corrected chi connectivity index (χ2v) is 6.87. The topological polar surface area (TPSA) is 43.4 Å². The molecule has 142 valence electrons. The molecule has 3 aromatic rings. The zero-order valence-corrected chi connectivity index (χ0v) is 16.2. The summed E-state index contributed by atoms with van der Waals surface area (Å²) < 4.78 is 5.24. The summed E-state index contributed by atoms with van der Waals surface area (Å²) in [5.74, 6) is 0.178. The Morgan fingerprint density at radius 1 is 0.786 bits per heavy atom. The van der Waals surface area contributed by atoms with Gasteiger partial charge in [-0.05, 0) is 30.2 Å². The molecule has 0 aliphatic heterocycles. The minimum absolute atomic E-state index is 0.0363. The molecule has 0 radical (unpaired) electrons. The lowest BCUT2D eigenvalue weighted by molar-refractivity contribution is -0.118. The summed E-state index contributed by atoms with van der Waals surface area (Å²) in [5, 5.41) is 0. The molecular formula is C25H24O3. The first-order chi connectivity index (χ1) is 13.6. The van der Waals surface area contributed by atoms with Crippen molar-refractivity contribution < 1.29 is 14.3 Å². The van der Waals surface area contributed by atoms with Crippen LogP contribution in [0.2, 0.25) is 0 Å². The highest BCUT2D eigenvalue weighted by Crippen LogP contribution is 2.38. The summed E-state index contributed by atoms with van der Waals surface area (Å²) >= 11 is 0. The highest BCUT2D eigenvalue weighted by molar-refractivity contribution is 5.97. The summed E-state index contributed by atoms with van der Waals surface area (Å²) in [7, 11) is 1.61.